The number of hydrogen-bond donors (Lipinski definition) is 0. The number of aromatic nitrogens is 1. The van der Waals surface area contributed by atoms with Crippen molar-refractivity contribution in [2.24, 2.45) is 0 Å². The van der Waals surface area contributed by atoms with Crippen molar-refractivity contribution >= 4 is 11.6 Å². The van der Waals surface area contributed by atoms with Crippen LogP contribution in [-0.4, -0.2) is 18.2 Å². The third kappa shape index (κ3) is 2.28. The van der Waals surface area contributed by atoms with Gasteiger partial charge in [-0.3, -0.25) is 0 Å². The van der Waals surface area contributed by atoms with Gasteiger partial charge in [-0.15, -0.1) is 0 Å². The van der Waals surface area contributed by atoms with Crippen LogP contribution in [0.15, 0.2) is 12.3 Å². The lowest BCUT2D eigenvalue weighted by Gasteiger charge is -2.22. The van der Waals surface area contributed by atoms with Crippen molar-refractivity contribution in [1.82, 2.24) is 4.98 Å². The molecule has 15 heavy (non-hydrogen) atoms. The minimum Gasteiger partial charge on any atom is -0.381 e. The van der Waals surface area contributed by atoms with E-state index in [0.717, 1.165) is 25.0 Å². The second-order valence-electron chi connectivity index (χ2n) is 3.63. The number of hydrogen-bond acceptors (Lipinski definition) is 3. The Morgan fingerprint density at radius 2 is 2.47 bits per heavy atom. The van der Waals surface area contributed by atoms with E-state index in [1.165, 1.54) is 0 Å². The van der Waals surface area contributed by atoms with Crippen LogP contribution in [0.2, 0.25) is 5.15 Å². The van der Waals surface area contributed by atoms with Gasteiger partial charge in [-0.05, 0) is 24.5 Å². The monoisotopic (exact) mass is 222 g/mol. The van der Waals surface area contributed by atoms with Crippen LogP contribution in [0.5, 0.6) is 0 Å². The largest absolute Gasteiger partial charge is 0.381 e. The summed E-state index contributed by atoms with van der Waals surface area (Å²) < 4.78 is 5.40. The predicted molar refractivity (Wildman–Crippen MR) is 56.8 cm³/mol. The number of nitriles is 1. The molecule has 0 bridgehead atoms. The average molecular weight is 223 g/mol. The van der Waals surface area contributed by atoms with Crippen LogP contribution in [0.1, 0.15) is 29.9 Å². The Bertz CT molecular complexity index is 394. The maximum absolute atomic E-state index is 8.84. The molecule has 2 heterocycles. The molecule has 0 radical (unpaired) electrons. The van der Waals surface area contributed by atoms with Crippen LogP contribution in [0.4, 0.5) is 0 Å². The molecule has 1 unspecified atom stereocenters. The number of pyridine rings is 1. The summed E-state index contributed by atoms with van der Waals surface area (Å²) in [7, 11) is 0. The molecule has 4 heteroatoms. The molecular formula is C11H11ClN2O. The molecule has 78 valence electrons. The minimum atomic E-state index is 0.276. The number of halogens is 1. The first-order chi connectivity index (χ1) is 7.31. The van der Waals surface area contributed by atoms with Crippen LogP contribution in [0.3, 0.4) is 0 Å². The van der Waals surface area contributed by atoms with Gasteiger partial charge < -0.3 is 4.74 Å². The first-order valence-electron chi connectivity index (χ1n) is 4.94. The van der Waals surface area contributed by atoms with Crippen molar-refractivity contribution in [3.8, 4) is 6.07 Å². The fourth-order valence-corrected chi connectivity index (χ4v) is 1.92. The van der Waals surface area contributed by atoms with Crippen molar-refractivity contribution in [3.05, 3.63) is 28.5 Å². The van der Waals surface area contributed by atoms with Crippen LogP contribution < -0.4 is 0 Å². The summed E-state index contributed by atoms with van der Waals surface area (Å²) in [6, 6.07) is 3.85. The number of rotatable bonds is 1. The summed E-state index contributed by atoms with van der Waals surface area (Å²) in [6.07, 6.45) is 3.89. The molecule has 1 saturated heterocycles. The molecule has 0 amide bonds. The molecule has 0 aromatic carbocycles. The van der Waals surface area contributed by atoms with Gasteiger partial charge in [-0.25, -0.2) is 4.98 Å². The highest BCUT2D eigenvalue weighted by Crippen LogP contribution is 2.26. The number of nitrogens with zero attached hydrogens (tertiary/aromatic N) is 2. The summed E-state index contributed by atoms with van der Waals surface area (Å²) in [5.74, 6) is 0.357. The van der Waals surface area contributed by atoms with E-state index in [0.29, 0.717) is 18.1 Å². The van der Waals surface area contributed by atoms with Crippen molar-refractivity contribution in [2.75, 3.05) is 13.2 Å². The number of ether oxygens (including phenoxy) is 1. The van der Waals surface area contributed by atoms with Gasteiger partial charge in [-0.2, -0.15) is 5.26 Å². The lowest BCUT2D eigenvalue weighted by atomic mass is 9.94. The van der Waals surface area contributed by atoms with E-state index in [1.807, 2.05) is 12.1 Å². The lowest BCUT2D eigenvalue weighted by molar-refractivity contribution is 0.0803. The fraction of sp³-hybridized carbons (Fsp3) is 0.455. The van der Waals surface area contributed by atoms with Crippen molar-refractivity contribution in [1.29, 1.82) is 5.26 Å². The molecule has 1 aromatic rings. The molecule has 2 rings (SSSR count). The summed E-state index contributed by atoms with van der Waals surface area (Å²) in [6.45, 7) is 1.55. The van der Waals surface area contributed by atoms with Gasteiger partial charge in [0.05, 0.1) is 12.2 Å². The minimum absolute atomic E-state index is 0.276. The third-order valence-corrected chi connectivity index (χ3v) is 2.91. The fourth-order valence-electron chi connectivity index (χ4n) is 1.77. The van der Waals surface area contributed by atoms with Gasteiger partial charge in [0.25, 0.3) is 0 Å². The van der Waals surface area contributed by atoms with E-state index in [1.54, 1.807) is 6.20 Å². The molecule has 0 spiro atoms. The summed E-state index contributed by atoms with van der Waals surface area (Å²) in [5, 5.41) is 9.11. The molecule has 3 nitrogen and oxygen atoms in total. The molecule has 1 aliphatic rings. The van der Waals surface area contributed by atoms with Gasteiger partial charge in [0.2, 0.25) is 0 Å². The van der Waals surface area contributed by atoms with E-state index in [-0.39, 0.29) is 5.15 Å². The molecule has 0 saturated carbocycles. The zero-order valence-electron chi connectivity index (χ0n) is 8.24. The first-order valence-corrected chi connectivity index (χ1v) is 5.32. The zero-order chi connectivity index (χ0) is 10.7. The van der Waals surface area contributed by atoms with Crippen LogP contribution >= 0.6 is 11.6 Å². The Balaban J connectivity index is 2.25. The molecular weight excluding hydrogens is 212 g/mol. The zero-order valence-corrected chi connectivity index (χ0v) is 9.00. The Kier molecular flexibility index (Phi) is 3.20. The summed E-state index contributed by atoms with van der Waals surface area (Å²) in [4.78, 5) is 4.01. The molecule has 1 fully saturated rings. The Labute approximate surface area is 93.6 Å². The van der Waals surface area contributed by atoms with Crippen molar-refractivity contribution in [2.45, 2.75) is 18.8 Å². The molecule has 0 N–H and O–H groups in total. The van der Waals surface area contributed by atoms with Gasteiger partial charge in [-0.1, -0.05) is 11.6 Å². The average Bonchev–Trinajstić information content (AvgIpc) is 2.31. The van der Waals surface area contributed by atoms with E-state index < -0.39 is 0 Å². The van der Waals surface area contributed by atoms with Crippen molar-refractivity contribution < 1.29 is 4.74 Å². The van der Waals surface area contributed by atoms with Gasteiger partial charge in [0.15, 0.2) is 0 Å². The van der Waals surface area contributed by atoms with Crippen LogP contribution in [0.25, 0.3) is 0 Å². The topological polar surface area (TPSA) is 45.9 Å². The highest BCUT2D eigenvalue weighted by Gasteiger charge is 2.17. The first kappa shape index (κ1) is 10.4. The smallest absolute Gasteiger partial charge is 0.146 e. The maximum Gasteiger partial charge on any atom is 0.146 e. The quantitative estimate of drug-likeness (QED) is 0.686. The van der Waals surface area contributed by atoms with E-state index in [4.69, 9.17) is 21.6 Å². The van der Waals surface area contributed by atoms with E-state index in [2.05, 4.69) is 4.98 Å². The third-order valence-electron chi connectivity index (χ3n) is 2.61. The Morgan fingerprint density at radius 3 is 3.13 bits per heavy atom. The maximum atomic E-state index is 8.84. The molecule has 1 aromatic heterocycles. The molecule has 1 atom stereocenters. The van der Waals surface area contributed by atoms with E-state index in [9.17, 15) is 0 Å². The highest BCUT2D eigenvalue weighted by molar-refractivity contribution is 6.30. The highest BCUT2D eigenvalue weighted by atomic mass is 35.5. The second kappa shape index (κ2) is 4.61. The van der Waals surface area contributed by atoms with Gasteiger partial charge in [0, 0.05) is 18.7 Å². The SMILES string of the molecule is N#Cc1cc(C2CCCOC2)cnc1Cl. The second-order valence-corrected chi connectivity index (χ2v) is 3.99. The standard InChI is InChI=1S/C11H11ClN2O/c12-11-9(5-13)4-10(6-14-11)8-2-1-3-15-7-8/h4,6,8H,1-3,7H2. The Morgan fingerprint density at radius 1 is 1.60 bits per heavy atom. The Hall–Kier alpha value is -1.11. The van der Waals surface area contributed by atoms with Crippen LogP contribution in [-0.2, 0) is 4.74 Å². The van der Waals surface area contributed by atoms with E-state index >= 15 is 0 Å². The summed E-state index contributed by atoms with van der Waals surface area (Å²) in [5.41, 5.74) is 1.50. The molecule has 0 aliphatic carbocycles. The van der Waals surface area contributed by atoms with Gasteiger partial charge in [0.1, 0.15) is 11.2 Å². The summed E-state index contributed by atoms with van der Waals surface area (Å²) >= 11 is 5.77. The van der Waals surface area contributed by atoms with Gasteiger partial charge >= 0.3 is 0 Å². The molecule has 1 aliphatic heterocycles. The normalized spacial score (nSPS) is 20.9. The predicted octanol–water partition coefficient (Wildman–Crippen LogP) is 2.50. The van der Waals surface area contributed by atoms with Crippen molar-refractivity contribution in [3.63, 3.8) is 0 Å². The lowest BCUT2D eigenvalue weighted by Crippen LogP contribution is -2.15. The van der Waals surface area contributed by atoms with Crippen LogP contribution in [0, 0.1) is 11.3 Å².